The van der Waals surface area contributed by atoms with Crippen LogP contribution in [0.25, 0.3) is 0 Å². The highest BCUT2D eigenvalue weighted by Crippen LogP contribution is 2.17. The van der Waals surface area contributed by atoms with Gasteiger partial charge in [-0.25, -0.2) is 4.79 Å². The lowest BCUT2D eigenvalue weighted by Gasteiger charge is -2.17. The highest BCUT2D eigenvalue weighted by atomic mass is 16.7. The average Bonchev–Trinajstić information content (AvgIpc) is 2.49. The standard InChI is InChI=1S/C18H36O3/c1-4-6-8-10-12-14-16-17(21-18(19)20-3)15-13-11-9-7-5-2/h17H,4-16H2,1-3H3. The first-order valence-electron chi connectivity index (χ1n) is 8.99. The van der Waals surface area contributed by atoms with E-state index in [1.807, 2.05) is 0 Å². The Labute approximate surface area is 131 Å². The minimum atomic E-state index is -0.528. The normalized spacial score (nSPS) is 12.1. The molecule has 0 aliphatic carbocycles. The van der Waals surface area contributed by atoms with Crippen LogP contribution in [0.3, 0.4) is 0 Å². The van der Waals surface area contributed by atoms with E-state index >= 15 is 0 Å². The summed E-state index contributed by atoms with van der Waals surface area (Å²) < 4.78 is 10.00. The molecule has 0 saturated heterocycles. The van der Waals surface area contributed by atoms with Crippen molar-refractivity contribution in [3.8, 4) is 0 Å². The maximum atomic E-state index is 11.3. The van der Waals surface area contributed by atoms with E-state index in [-0.39, 0.29) is 6.10 Å². The van der Waals surface area contributed by atoms with Crippen LogP contribution in [0.15, 0.2) is 0 Å². The van der Waals surface area contributed by atoms with Crippen molar-refractivity contribution in [3.05, 3.63) is 0 Å². The minimum absolute atomic E-state index is 0.0465. The molecule has 0 amide bonds. The molecule has 1 atom stereocenters. The molecule has 0 aromatic rings. The van der Waals surface area contributed by atoms with E-state index in [4.69, 9.17) is 4.74 Å². The zero-order chi connectivity index (χ0) is 15.8. The average molecular weight is 300 g/mol. The summed E-state index contributed by atoms with van der Waals surface area (Å²) in [6, 6.07) is 0. The van der Waals surface area contributed by atoms with E-state index in [0.717, 1.165) is 25.7 Å². The van der Waals surface area contributed by atoms with Crippen molar-refractivity contribution >= 4 is 6.16 Å². The van der Waals surface area contributed by atoms with E-state index in [9.17, 15) is 4.79 Å². The second-order valence-electron chi connectivity index (χ2n) is 5.95. The number of hydrogen-bond acceptors (Lipinski definition) is 3. The molecule has 3 heteroatoms. The number of methoxy groups -OCH3 is 1. The number of ether oxygens (including phenoxy) is 2. The predicted molar refractivity (Wildman–Crippen MR) is 88.6 cm³/mol. The van der Waals surface area contributed by atoms with Crippen molar-refractivity contribution in [3.63, 3.8) is 0 Å². The number of hydrogen-bond donors (Lipinski definition) is 0. The summed E-state index contributed by atoms with van der Waals surface area (Å²) in [5.74, 6) is 0. The van der Waals surface area contributed by atoms with Gasteiger partial charge in [0.15, 0.2) is 0 Å². The van der Waals surface area contributed by atoms with Gasteiger partial charge in [0.25, 0.3) is 0 Å². The lowest BCUT2D eigenvalue weighted by Crippen LogP contribution is -2.18. The first-order valence-corrected chi connectivity index (χ1v) is 8.99. The Morgan fingerprint density at radius 1 is 0.762 bits per heavy atom. The molecule has 1 unspecified atom stereocenters. The summed E-state index contributed by atoms with van der Waals surface area (Å²) >= 11 is 0. The Kier molecular flexibility index (Phi) is 15.1. The van der Waals surface area contributed by atoms with Crippen LogP contribution in [-0.2, 0) is 9.47 Å². The highest BCUT2D eigenvalue weighted by Gasteiger charge is 2.14. The molecule has 0 aromatic heterocycles. The van der Waals surface area contributed by atoms with Gasteiger partial charge in [-0.3, -0.25) is 0 Å². The first-order chi connectivity index (χ1) is 10.2. The third kappa shape index (κ3) is 14.0. The van der Waals surface area contributed by atoms with Crippen LogP contribution in [0.2, 0.25) is 0 Å². The largest absolute Gasteiger partial charge is 0.508 e. The van der Waals surface area contributed by atoms with Crippen LogP contribution < -0.4 is 0 Å². The molecular formula is C18H36O3. The fraction of sp³-hybridized carbons (Fsp3) is 0.944. The molecule has 21 heavy (non-hydrogen) atoms. The molecule has 0 aliphatic rings. The molecule has 126 valence electrons. The van der Waals surface area contributed by atoms with Crippen molar-refractivity contribution in [1.29, 1.82) is 0 Å². The summed E-state index contributed by atoms with van der Waals surface area (Å²) in [5.41, 5.74) is 0. The molecule has 0 fully saturated rings. The summed E-state index contributed by atoms with van der Waals surface area (Å²) in [6.45, 7) is 4.46. The van der Waals surface area contributed by atoms with Crippen molar-refractivity contribution in [2.24, 2.45) is 0 Å². The lowest BCUT2D eigenvalue weighted by atomic mass is 10.0. The number of unbranched alkanes of at least 4 members (excludes halogenated alkanes) is 9. The highest BCUT2D eigenvalue weighted by molar-refractivity contribution is 5.59. The minimum Gasteiger partial charge on any atom is -0.438 e. The summed E-state index contributed by atoms with van der Waals surface area (Å²) in [6.07, 6.45) is 15.4. The van der Waals surface area contributed by atoms with E-state index in [1.54, 1.807) is 0 Å². The Morgan fingerprint density at radius 3 is 1.62 bits per heavy atom. The van der Waals surface area contributed by atoms with E-state index in [2.05, 4.69) is 18.6 Å². The molecular weight excluding hydrogens is 264 g/mol. The van der Waals surface area contributed by atoms with Crippen LogP contribution in [0, 0.1) is 0 Å². The number of rotatable bonds is 14. The van der Waals surface area contributed by atoms with Gasteiger partial charge in [-0.2, -0.15) is 0 Å². The smallest absolute Gasteiger partial charge is 0.438 e. The van der Waals surface area contributed by atoms with Crippen LogP contribution >= 0.6 is 0 Å². The van der Waals surface area contributed by atoms with Gasteiger partial charge in [0.1, 0.15) is 6.10 Å². The molecule has 0 spiro atoms. The topological polar surface area (TPSA) is 35.5 Å². The van der Waals surface area contributed by atoms with Gasteiger partial charge < -0.3 is 9.47 Å². The molecule has 0 rings (SSSR count). The lowest BCUT2D eigenvalue weighted by molar-refractivity contribution is 0.0287. The quantitative estimate of drug-likeness (QED) is 0.281. The van der Waals surface area contributed by atoms with Gasteiger partial charge in [-0.1, -0.05) is 71.6 Å². The van der Waals surface area contributed by atoms with Gasteiger partial charge >= 0.3 is 6.16 Å². The third-order valence-corrected chi connectivity index (χ3v) is 3.94. The summed E-state index contributed by atoms with van der Waals surface area (Å²) in [4.78, 5) is 11.3. The van der Waals surface area contributed by atoms with Gasteiger partial charge in [0.05, 0.1) is 7.11 Å². The zero-order valence-electron chi connectivity index (χ0n) is 14.5. The Hall–Kier alpha value is -0.730. The molecule has 0 N–H and O–H groups in total. The fourth-order valence-electron chi connectivity index (χ4n) is 2.57. The van der Waals surface area contributed by atoms with E-state index in [0.29, 0.717) is 0 Å². The third-order valence-electron chi connectivity index (χ3n) is 3.94. The molecule has 0 heterocycles. The van der Waals surface area contributed by atoms with Crippen LogP contribution in [0.1, 0.15) is 97.3 Å². The maximum Gasteiger partial charge on any atom is 0.508 e. The Balaban J connectivity index is 3.77. The zero-order valence-corrected chi connectivity index (χ0v) is 14.5. The second-order valence-corrected chi connectivity index (χ2v) is 5.95. The Morgan fingerprint density at radius 2 is 1.19 bits per heavy atom. The van der Waals surface area contributed by atoms with E-state index < -0.39 is 6.16 Å². The molecule has 0 saturated carbocycles. The molecule has 3 nitrogen and oxygen atoms in total. The Bertz CT molecular complexity index is 229. The van der Waals surface area contributed by atoms with Gasteiger partial charge in [0, 0.05) is 0 Å². The molecule has 0 aromatic carbocycles. The summed E-state index contributed by atoms with van der Waals surface area (Å²) in [7, 11) is 1.38. The number of carbonyl (C=O) groups excluding carboxylic acids is 1. The first kappa shape index (κ1) is 20.3. The van der Waals surface area contributed by atoms with Gasteiger partial charge in [-0.05, 0) is 25.7 Å². The van der Waals surface area contributed by atoms with Crippen molar-refractivity contribution in [2.45, 2.75) is 103 Å². The fourth-order valence-corrected chi connectivity index (χ4v) is 2.57. The predicted octanol–water partition coefficient (Wildman–Crippen LogP) is 6.25. The molecule has 0 aliphatic heterocycles. The maximum absolute atomic E-state index is 11.3. The number of carbonyl (C=O) groups is 1. The van der Waals surface area contributed by atoms with Crippen LogP contribution in [0.4, 0.5) is 4.79 Å². The monoisotopic (exact) mass is 300 g/mol. The van der Waals surface area contributed by atoms with Crippen LogP contribution in [0.5, 0.6) is 0 Å². The van der Waals surface area contributed by atoms with Crippen LogP contribution in [-0.4, -0.2) is 19.4 Å². The van der Waals surface area contributed by atoms with Crippen molar-refractivity contribution < 1.29 is 14.3 Å². The molecule has 0 bridgehead atoms. The van der Waals surface area contributed by atoms with Crippen molar-refractivity contribution in [1.82, 2.24) is 0 Å². The summed E-state index contributed by atoms with van der Waals surface area (Å²) in [5, 5.41) is 0. The van der Waals surface area contributed by atoms with Crippen molar-refractivity contribution in [2.75, 3.05) is 7.11 Å². The van der Waals surface area contributed by atoms with E-state index in [1.165, 1.54) is 64.9 Å². The SMILES string of the molecule is CCCCCCCCC(CCCCCCC)OC(=O)OC. The van der Waals surface area contributed by atoms with Gasteiger partial charge in [0.2, 0.25) is 0 Å². The molecule has 0 radical (unpaired) electrons. The second kappa shape index (κ2) is 15.7. The van der Waals surface area contributed by atoms with Gasteiger partial charge in [-0.15, -0.1) is 0 Å².